The van der Waals surface area contributed by atoms with Gasteiger partial charge in [0.15, 0.2) is 0 Å². The molecule has 3 heteroatoms. The van der Waals surface area contributed by atoms with Crippen LogP contribution in [0.5, 0.6) is 0 Å². The van der Waals surface area contributed by atoms with Gasteiger partial charge in [0.1, 0.15) is 5.82 Å². The Bertz CT molecular complexity index is 415. The number of anilines is 1. The number of nitrogens with one attached hydrogen (secondary N) is 1. The van der Waals surface area contributed by atoms with Crippen LogP contribution in [-0.2, 0) is 0 Å². The lowest BCUT2D eigenvalue weighted by Crippen LogP contribution is -2.48. The van der Waals surface area contributed by atoms with Gasteiger partial charge >= 0.3 is 0 Å². The highest BCUT2D eigenvalue weighted by Gasteiger charge is 2.24. The van der Waals surface area contributed by atoms with Crippen LogP contribution in [0.2, 0.25) is 0 Å². The van der Waals surface area contributed by atoms with Crippen LogP contribution in [0, 0.1) is 5.82 Å². The summed E-state index contributed by atoms with van der Waals surface area (Å²) in [5.41, 5.74) is 1.03. The summed E-state index contributed by atoms with van der Waals surface area (Å²) in [4.78, 5) is 2.32. The summed E-state index contributed by atoms with van der Waals surface area (Å²) >= 11 is 0. The Balaban J connectivity index is 1.61. The number of piperidine rings is 1. The molecule has 1 aliphatic carbocycles. The number of nitrogens with zero attached hydrogens (tertiary/aromatic N) is 1. The van der Waals surface area contributed by atoms with Gasteiger partial charge in [0.2, 0.25) is 0 Å². The zero-order valence-corrected chi connectivity index (χ0v) is 11.4. The van der Waals surface area contributed by atoms with E-state index in [9.17, 15) is 4.39 Å². The Morgan fingerprint density at radius 2 is 1.84 bits per heavy atom. The minimum absolute atomic E-state index is 0.136. The molecule has 0 bridgehead atoms. The van der Waals surface area contributed by atoms with Gasteiger partial charge in [-0.05, 0) is 43.9 Å². The van der Waals surface area contributed by atoms with Gasteiger partial charge in [-0.15, -0.1) is 0 Å². The molecule has 0 spiro atoms. The fourth-order valence-electron chi connectivity index (χ4n) is 3.45. The number of hydrogen-bond acceptors (Lipinski definition) is 2. The molecule has 0 aromatic heterocycles. The van der Waals surface area contributed by atoms with Crippen LogP contribution in [-0.4, -0.2) is 25.2 Å². The van der Waals surface area contributed by atoms with Crippen molar-refractivity contribution in [1.29, 1.82) is 0 Å². The Morgan fingerprint density at radius 1 is 1.05 bits per heavy atom. The van der Waals surface area contributed by atoms with E-state index in [1.54, 1.807) is 12.1 Å². The second kappa shape index (κ2) is 5.91. The summed E-state index contributed by atoms with van der Waals surface area (Å²) in [6.07, 6.45) is 7.85. The number of benzene rings is 1. The first kappa shape index (κ1) is 12.9. The van der Waals surface area contributed by atoms with Crippen molar-refractivity contribution in [1.82, 2.24) is 5.32 Å². The van der Waals surface area contributed by atoms with E-state index < -0.39 is 0 Å². The number of halogens is 1. The largest absolute Gasteiger partial charge is 0.370 e. The smallest absolute Gasteiger partial charge is 0.125 e. The fourth-order valence-corrected chi connectivity index (χ4v) is 3.45. The minimum Gasteiger partial charge on any atom is -0.370 e. The van der Waals surface area contributed by atoms with Crippen molar-refractivity contribution in [2.24, 2.45) is 0 Å². The molecule has 1 aromatic carbocycles. The third-order valence-corrected chi connectivity index (χ3v) is 4.42. The van der Waals surface area contributed by atoms with E-state index in [4.69, 9.17) is 0 Å². The lowest BCUT2D eigenvalue weighted by atomic mass is 10.0. The van der Waals surface area contributed by atoms with E-state index in [-0.39, 0.29) is 5.82 Å². The summed E-state index contributed by atoms with van der Waals surface area (Å²) < 4.78 is 13.3. The summed E-state index contributed by atoms with van der Waals surface area (Å²) in [5.74, 6) is -0.136. The van der Waals surface area contributed by atoms with Crippen molar-refractivity contribution < 1.29 is 4.39 Å². The average Bonchev–Trinajstić information content (AvgIpc) is 2.92. The second-order valence-electron chi connectivity index (χ2n) is 5.91. The lowest BCUT2D eigenvalue weighted by molar-refractivity contribution is 0.374. The normalized spacial score (nSPS) is 24.9. The van der Waals surface area contributed by atoms with E-state index in [0.29, 0.717) is 6.04 Å². The molecule has 1 atom stereocenters. The monoisotopic (exact) mass is 262 g/mol. The van der Waals surface area contributed by atoms with Crippen molar-refractivity contribution >= 4 is 5.69 Å². The highest BCUT2D eigenvalue weighted by atomic mass is 19.1. The van der Waals surface area contributed by atoms with Gasteiger partial charge in [0, 0.05) is 30.9 Å². The van der Waals surface area contributed by atoms with Crippen LogP contribution in [0.4, 0.5) is 10.1 Å². The van der Waals surface area contributed by atoms with Crippen LogP contribution in [0.3, 0.4) is 0 Å². The van der Waals surface area contributed by atoms with Crippen LogP contribution >= 0.6 is 0 Å². The van der Waals surface area contributed by atoms with E-state index in [0.717, 1.165) is 24.8 Å². The first-order chi connectivity index (χ1) is 9.31. The molecular weight excluding hydrogens is 239 g/mol. The number of hydrogen-bond donors (Lipinski definition) is 1. The molecule has 3 rings (SSSR count). The van der Waals surface area contributed by atoms with Crippen molar-refractivity contribution in [3.05, 3.63) is 30.1 Å². The van der Waals surface area contributed by atoms with Crippen molar-refractivity contribution in [3.63, 3.8) is 0 Å². The summed E-state index contributed by atoms with van der Waals surface area (Å²) in [5, 5.41) is 3.80. The van der Waals surface area contributed by atoms with Crippen LogP contribution in [0.1, 0.15) is 38.5 Å². The molecule has 1 saturated heterocycles. The van der Waals surface area contributed by atoms with Crippen molar-refractivity contribution in [2.75, 3.05) is 18.0 Å². The summed E-state index contributed by atoms with van der Waals surface area (Å²) in [6.45, 7) is 2.06. The highest BCUT2D eigenvalue weighted by Crippen LogP contribution is 2.23. The molecule has 1 N–H and O–H groups in total. The molecule has 1 aliphatic heterocycles. The standard InChI is InChI=1S/C16H23FN2/c17-13-5-3-9-16(11-13)19-10-4-8-15(12-19)18-14-6-1-2-7-14/h3,5,9,11,14-15,18H,1-2,4,6-8,10,12H2. The highest BCUT2D eigenvalue weighted by molar-refractivity contribution is 5.47. The van der Waals surface area contributed by atoms with Gasteiger partial charge in [-0.2, -0.15) is 0 Å². The SMILES string of the molecule is Fc1cccc(N2CCCC(NC3CCCC3)C2)c1. The Labute approximate surface area is 115 Å². The Kier molecular flexibility index (Phi) is 4.02. The maximum atomic E-state index is 13.3. The molecule has 1 heterocycles. The topological polar surface area (TPSA) is 15.3 Å². The maximum absolute atomic E-state index is 13.3. The molecule has 1 saturated carbocycles. The molecule has 104 valence electrons. The first-order valence-electron chi connectivity index (χ1n) is 7.58. The third-order valence-electron chi connectivity index (χ3n) is 4.42. The molecule has 19 heavy (non-hydrogen) atoms. The molecule has 0 radical (unpaired) electrons. The van der Waals surface area contributed by atoms with Gasteiger partial charge in [-0.3, -0.25) is 0 Å². The van der Waals surface area contributed by atoms with Gasteiger partial charge in [0.05, 0.1) is 0 Å². The molecule has 2 nitrogen and oxygen atoms in total. The van der Waals surface area contributed by atoms with E-state index in [2.05, 4.69) is 10.2 Å². The quantitative estimate of drug-likeness (QED) is 0.899. The van der Waals surface area contributed by atoms with Gasteiger partial charge < -0.3 is 10.2 Å². The molecular formula is C16H23FN2. The lowest BCUT2D eigenvalue weighted by Gasteiger charge is -2.36. The fraction of sp³-hybridized carbons (Fsp3) is 0.625. The molecule has 2 fully saturated rings. The van der Waals surface area contributed by atoms with Gasteiger partial charge in [0.25, 0.3) is 0 Å². The Hall–Kier alpha value is -1.09. The maximum Gasteiger partial charge on any atom is 0.125 e. The van der Waals surface area contributed by atoms with Crippen LogP contribution in [0.25, 0.3) is 0 Å². The van der Waals surface area contributed by atoms with Crippen molar-refractivity contribution in [2.45, 2.75) is 50.6 Å². The Morgan fingerprint density at radius 3 is 2.63 bits per heavy atom. The number of rotatable bonds is 3. The van der Waals surface area contributed by atoms with Gasteiger partial charge in [-0.25, -0.2) is 4.39 Å². The predicted octanol–water partition coefficient (Wildman–Crippen LogP) is 3.33. The average molecular weight is 262 g/mol. The summed E-state index contributed by atoms with van der Waals surface area (Å²) in [7, 11) is 0. The van der Waals surface area contributed by atoms with E-state index in [1.165, 1.54) is 44.6 Å². The minimum atomic E-state index is -0.136. The zero-order valence-electron chi connectivity index (χ0n) is 11.4. The van der Waals surface area contributed by atoms with Crippen molar-refractivity contribution in [3.8, 4) is 0 Å². The molecule has 2 aliphatic rings. The molecule has 0 amide bonds. The zero-order chi connectivity index (χ0) is 13.1. The predicted molar refractivity (Wildman–Crippen MR) is 77.0 cm³/mol. The summed E-state index contributed by atoms with van der Waals surface area (Å²) in [6, 6.07) is 8.27. The van der Waals surface area contributed by atoms with Crippen LogP contribution < -0.4 is 10.2 Å². The van der Waals surface area contributed by atoms with E-state index >= 15 is 0 Å². The first-order valence-corrected chi connectivity index (χ1v) is 7.58. The second-order valence-corrected chi connectivity index (χ2v) is 5.91. The van der Waals surface area contributed by atoms with Gasteiger partial charge in [-0.1, -0.05) is 18.9 Å². The van der Waals surface area contributed by atoms with E-state index in [1.807, 2.05) is 6.07 Å². The molecule has 1 unspecified atom stereocenters. The third kappa shape index (κ3) is 3.27. The van der Waals surface area contributed by atoms with Crippen LogP contribution in [0.15, 0.2) is 24.3 Å². The molecule has 1 aromatic rings.